The Morgan fingerprint density at radius 3 is 2.50 bits per heavy atom. The normalized spacial score (nSPS) is 11.3. The van der Waals surface area contributed by atoms with Crippen molar-refractivity contribution >= 4 is 55.1 Å². The Balaban J connectivity index is 2.66. The summed E-state index contributed by atoms with van der Waals surface area (Å²) < 4.78 is 1.69. The van der Waals surface area contributed by atoms with Crippen LogP contribution in [0.1, 0.15) is 36.4 Å². The van der Waals surface area contributed by atoms with Gasteiger partial charge in [0, 0.05) is 16.4 Å². The summed E-state index contributed by atoms with van der Waals surface area (Å²) in [7, 11) is 0. The lowest BCUT2D eigenvalue weighted by atomic mass is 9.98. The second-order valence-corrected chi connectivity index (χ2v) is 7.69. The van der Waals surface area contributed by atoms with E-state index < -0.39 is 11.5 Å². The molecule has 1 heterocycles. The van der Waals surface area contributed by atoms with Gasteiger partial charge in [-0.2, -0.15) is 0 Å². The van der Waals surface area contributed by atoms with E-state index in [1.165, 1.54) is 11.3 Å². The van der Waals surface area contributed by atoms with E-state index in [0.717, 1.165) is 8.26 Å². The van der Waals surface area contributed by atoms with Crippen LogP contribution in [0.25, 0.3) is 0 Å². The number of carbonyl (C=O) groups excluding carboxylic acids is 1. The number of rotatable bonds is 5. The largest absolute Gasteiger partial charge is 0.481 e. The van der Waals surface area contributed by atoms with Crippen molar-refractivity contribution < 1.29 is 14.7 Å². The zero-order valence-corrected chi connectivity index (χ0v) is 13.9. The summed E-state index contributed by atoms with van der Waals surface area (Å²) in [6.45, 7) is 3.62. The van der Waals surface area contributed by atoms with E-state index in [1.807, 2.05) is 13.8 Å². The van der Waals surface area contributed by atoms with Crippen LogP contribution in [0, 0.1) is 0 Å². The lowest BCUT2D eigenvalue weighted by Gasteiger charge is -2.25. The summed E-state index contributed by atoms with van der Waals surface area (Å²) in [4.78, 5) is 23.1. The fraction of sp³-hybridized carbons (Fsp3) is 0.455. The number of carbonyl (C=O) groups is 2. The first-order valence-corrected chi connectivity index (χ1v) is 7.61. The number of hydrogen-bond acceptors (Lipinski definition) is 3. The number of carboxylic acid groups (broad SMARTS) is 1. The van der Waals surface area contributed by atoms with Gasteiger partial charge in [-0.25, -0.2) is 0 Å². The monoisotopic (exact) mass is 397 g/mol. The van der Waals surface area contributed by atoms with Crippen molar-refractivity contribution in [2.75, 3.05) is 0 Å². The van der Waals surface area contributed by atoms with Gasteiger partial charge in [-0.3, -0.25) is 9.59 Å². The molecular weight excluding hydrogens is 386 g/mol. The van der Waals surface area contributed by atoms with E-state index in [0.29, 0.717) is 11.3 Å². The van der Waals surface area contributed by atoms with Crippen molar-refractivity contribution in [1.29, 1.82) is 0 Å². The molecule has 1 amide bonds. The molecule has 4 nitrogen and oxygen atoms in total. The molecular formula is C11H13Br2NO3S. The molecule has 1 aromatic rings. The molecule has 0 aliphatic carbocycles. The highest BCUT2D eigenvalue weighted by atomic mass is 79.9. The van der Waals surface area contributed by atoms with Crippen LogP contribution in [0.3, 0.4) is 0 Å². The quantitative estimate of drug-likeness (QED) is 0.795. The molecule has 7 heteroatoms. The maximum absolute atomic E-state index is 12.0. The van der Waals surface area contributed by atoms with Crippen LogP contribution < -0.4 is 5.32 Å². The van der Waals surface area contributed by atoms with Gasteiger partial charge in [0.05, 0.1) is 8.66 Å². The van der Waals surface area contributed by atoms with Gasteiger partial charge in [-0.05, 0) is 58.2 Å². The molecule has 0 unspecified atom stereocenters. The van der Waals surface area contributed by atoms with Gasteiger partial charge in [0.2, 0.25) is 0 Å². The number of aliphatic carboxylic acids is 1. The second kappa shape index (κ2) is 6.16. The molecule has 0 spiro atoms. The first kappa shape index (κ1) is 15.7. The highest BCUT2D eigenvalue weighted by Crippen LogP contribution is 2.32. The molecule has 0 atom stereocenters. The third-order valence-corrected chi connectivity index (χ3v) is 5.54. The molecule has 0 radical (unpaired) electrons. The summed E-state index contributed by atoms with van der Waals surface area (Å²) in [6.07, 6.45) is 0.424. The zero-order valence-electron chi connectivity index (χ0n) is 9.92. The maximum Gasteiger partial charge on any atom is 0.303 e. The molecule has 0 fully saturated rings. The van der Waals surface area contributed by atoms with Gasteiger partial charge < -0.3 is 10.4 Å². The molecule has 2 N–H and O–H groups in total. The number of hydrogen-bond donors (Lipinski definition) is 2. The smallest absolute Gasteiger partial charge is 0.303 e. The third-order valence-electron chi connectivity index (χ3n) is 2.28. The minimum atomic E-state index is -0.862. The van der Waals surface area contributed by atoms with E-state index in [9.17, 15) is 9.59 Å². The van der Waals surface area contributed by atoms with Gasteiger partial charge in [0.15, 0.2) is 0 Å². The van der Waals surface area contributed by atoms with Gasteiger partial charge in [-0.1, -0.05) is 0 Å². The lowest BCUT2D eigenvalue weighted by molar-refractivity contribution is -0.137. The molecule has 100 valence electrons. The Morgan fingerprint density at radius 1 is 1.44 bits per heavy atom. The van der Waals surface area contributed by atoms with E-state index >= 15 is 0 Å². The minimum absolute atomic E-state index is 0.0328. The van der Waals surface area contributed by atoms with Crippen LogP contribution in [0.2, 0.25) is 0 Å². The Bertz CT molecular complexity index is 451. The van der Waals surface area contributed by atoms with E-state index in [1.54, 1.807) is 6.07 Å². The fourth-order valence-corrected chi connectivity index (χ4v) is 3.24. The summed E-state index contributed by atoms with van der Waals surface area (Å²) in [6, 6.07) is 1.73. The average Bonchev–Trinajstić information content (AvgIpc) is 2.56. The van der Waals surface area contributed by atoms with Gasteiger partial charge in [-0.15, -0.1) is 11.3 Å². The number of carboxylic acids is 1. The van der Waals surface area contributed by atoms with Crippen LogP contribution in [-0.2, 0) is 4.79 Å². The minimum Gasteiger partial charge on any atom is -0.481 e. The van der Waals surface area contributed by atoms with E-state index in [4.69, 9.17) is 5.11 Å². The summed E-state index contributed by atoms with van der Waals surface area (Å²) in [5, 5.41) is 11.5. The van der Waals surface area contributed by atoms with Crippen molar-refractivity contribution in [1.82, 2.24) is 5.32 Å². The number of thiophene rings is 1. The lowest BCUT2D eigenvalue weighted by Crippen LogP contribution is -2.43. The highest BCUT2D eigenvalue weighted by Gasteiger charge is 2.23. The predicted molar refractivity (Wildman–Crippen MR) is 78.1 cm³/mol. The standard InChI is InChI=1S/C11H13Br2NO3S/c1-11(2,4-3-8(15)16)14-10(17)7-5-6(12)9(13)18-7/h5H,3-4H2,1-2H3,(H,14,17)(H,15,16). The molecule has 0 saturated carbocycles. The molecule has 0 bridgehead atoms. The summed E-state index contributed by atoms with van der Waals surface area (Å²) >= 11 is 7.98. The molecule has 0 saturated heterocycles. The van der Waals surface area contributed by atoms with Crippen molar-refractivity contribution in [3.63, 3.8) is 0 Å². The molecule has 1 aromatic heterocycles. The van der Waals surface area contributed by atoms with Gasteiger partial charge >= 0.3 is 5.97 Å². The zero-order chi connectivity index (χ0) is 13.9. The summed E-state index contributed by atoms with van der Waals surface area (Å²) in [5.74, 6) is -1.05. The summed E-state index contributed by atoms with van der Waals surface area (Å²) in [5.41, 5.74) is -0.543. The first-order valence-electron chi connectivity index (χ1n) is 5.20. The van der Waals surface area contributed by atoms with Crippen LogP contribution in [0.4, 0.5) is 0 Å². The van der Waals surface area contributed by atoms with E-state index in [2.05, 4.69) is 37.2 Å². The first-order chi connectivity index (χ1) is 8.21. The van der Waals surface area contributed by atoms with Crippen molar-refractivity contribution in [3.05, 3.63) is 19.2 Å². The average molecular weight is 399 g/mol. The van der Waals surface area contributed by atoms with E-state index in [-0.39, 0.29) is 12.3 Å². The Morgan fingerprint density at radius 2 is 2.06 bits per heavy atom. The SMILES string of the molecule is CC(C)(CCC(=O)O)NC(=O)c1cc(Br)c(Br)s1. The van der Waals surface area contributed by atoms with Crippen molar-refractivity contribution in [2.45, 2.75) is 32.2 Å². The molecule has 0 aromatic carbocycles. The van der Waals surface area contributed by atoms with Crippen LogP contribution in [0.15, 0.2) is 14.3 Å². The molecule has 0 aliphatic heterocycles. The molecule has 0 aliphatic rings. The van der Waals surface area contributed by atoms with Crippen LogP contribution in [-0.4, -0.2) is 22.5 Å². The predicted octanol–water partition coefficient (Wildman–Crippen LogP) is 3.65. The van der Waals surface area contributed by atoms with Crippen molar-refractivity contribution in [3.8, 4) is 0 Å². The topological polar surface area (TPSA) is 66.4 Å². The number of nitrogens with one attached hydrogen (secondary N) is 1. The second-order valence-electron chi connectivity index (χ2n) is 4.46. The Labute approximate surface area is 126 Å². The Kier molecular flexibility index (Phi) is 5.36. The van der Waals surface area contributed by atoms with Crippen molar-refractivity contribution in [2.24, 2.45) is 0 Å². The maximum atomic E-state index is 12.0. The Hall–Kier alpha value is -0.400. The van der Waals surface area contributed by atoms with Crippen LogP contribution >= 0.6 is 43.2 Å². The number of amides is 1. The fourth-order valence-electron chi connectivity index (χ4n) is 1.31. The van der Waals surface area contributed by atoms with Crippen LogP contribution in [0.5, 0.6) is 0 Å². The number of halogens is 2. The third kappa shape index (κ3) is 4.70. The molecule has 1 rings (SSSR count). The highest BCUT2D eigenvalue weighted by molar-refractivity contribution is 9.13. The van der Waals surface area contributed by atoms with Gasteiger partial charge in [0.25, 0.3) is 5.91 Å². The van der Waals surface area contributed by atoms with Gasteiger partial charge in [0.1, 0.15) is 0 Å². The molecule has 18 heavy (non-hydrogen) atoms.